The molecule has 2 fully saturated rings. The number of carbonyl (C=O) groups excluding carboxylic acids is 2. The number of halogens is 2. The molecule has 0 unspecified atom stereocenters. The van der Waals surface area contributed by atoms with Crippen LogP contribution in [0.15, 0.2) is 102 Å². The van der Waals surface area contributed by atoms with Crippen LogP contribution in [-0.4, -0.2) is 92.8 Å². The number of carbonyl (C=O) groups is 2. The van der Waals surface area contributed by atoms with Crippen molar-refractivity contribution in [3.63, 3.8) is 0 Å². The molecule has 4 aromatic carbocycles. The molecule has 2 aliphatic heterocycles. The van der Waals surface area contributed by atoms with Gasteiger partial charge in [-0.2, -0.15) is 0 Å². The number of rotatable bonds is 5. The van der Waals surface area contributed by atoms with Crippen molar-refractivity contribution in [2.75, 3.05) is 65.8 Å². The number of fused-ring (bicyclic) bond motifs is 2. The highest BCUT2D eigenvalue weighted by molar-refractivity contribution is 9.10. The van der Waals surface area contributed by atoms with Crippen LogP contribution in [0.2, 0.25) is 0 Å². The van der Waals surface area contributed by atoms with Crippen LogP contribution in [0.25, 0.3) is 44.6 Å². The normalized spacial score (nSPS) is 13.6. The average molecular weight is 830 g/mol. The molecule has 11 nitrogen and oxygen atoms in total. The molecule has 56 heavy (non-hydrogen) atoms. The number of benzene rings is 4. The Morgan fingerprint density at radius 1 is 0.661 bits per heavy atom. The summed E-state index contributed by atoms with van der Waals surface area (Å²) in [7, 11) is 1.72. The lowest BCUT2D eigenvalue weighted by Crippen LogP contribution is -2.37. The summed E-state index contributed by atoms with van der Waals surface area (Å²) < 4.78 is 36.2. The van der Waals surface area contributed by atoms with Crippen LogP contribution in [0.4, 0.5) is 10.2 Å². The molecule has 0 spiro atoms. The molecule has 4 heterocycles. The van der Waals surface area contributed by atoms with E-state index in [1.807, 2.05) is 66.7 Å². The SMILES string of the molecule is C.C1CCOCC1.COC(=O)c1ccc2nc(-c3ccccc3)c(Br)nc2c1.COC(=O)c1ccc2nc(-c3ccccc3)c(N3CCOCC3)nc2c1.[2H]CF. The van der Waals surface area contributed by atoms with E-state index in [4.69, 9.17) is 30.3 Å². The van der Waals surface area contributed by atoms with Crippen LogP contribution in [0, 0.1) is 0 Å². The van der Waals surface area contributed by atoms with Gasteiger partial charge in [0.1, 0.15) is 16.0 Å². The van der Waals surface area contributed by atoms with Crippen molar-refractivity contribution in [3.05, 3.63) is 113 Å². The lowest BCUT2D eigenvalue weighted by molar-refractivity contribution is 0.0592. The third-order valence-electron chi connectivity index (χ3n) is 8.59. The van der Waals surface area contributed by atoms with Gasteiger partial charge in [0.05, 0.1) is 69.2 Å². The first-order valence-electron chi connectivity index (χ1n) is 18.4. The minimum atomic E-state index is -1.00. The summed E-state index contributed by atoms with van der Waals surface area (Å²) in [5.41, 5.74) is 7.32. The van der Waals surface area contributed by atoms with Gasteiger partial charge in [-0.25, -0.2) is 29.5 Å². The Bertz CT molecular complexity index is 2180. The first-order chi connectivity index (χ1) is 27.4. The molecule has 6 aromatic rings. The molecule has 0 amide bonds. The molecule has 0 atom stereocenters. The van der Waals surface area contributed by atoms with E-state index in [0.717, 1.165) is 65.7 Å². The predicted octanol–water partition coefficient (Wildman–Crippen LogP) is 9.17. The number of esters is 2. The van der Waals surface area contributed by atoms with Crippen LogP contribution in [-0.2, 0) is 18.9 Å². The first-order valence-corrected chi connectivity index (χ1v) is 18.5. The number of nitrogens with zero attached hydrogens (tertiary/aromatic N) is 5. The predicted molar refractivity (Wildman–Crippen MR) is 222 cm³/mol. The molecule has 0 N–H and O–H groups in total. The maximum atomic E-state index is 11.8. The monoisotopic (exact) mass is 828 g/mol. The number of hydrogen-bond acceptors (Lipinski definition) is 11. The molecule has 0 saturated carbocycles. The van der Waals surface area contributed by atoms with Crippen LogP contribution in [0.1, 0.15) is 48.8 Å². The molecule has 0 bridgehead atoms. The Labute approximate surface area is 336 Å². The Hall–Kier alpha value is -5.37. The third-order valence-corrected chi connectivity index (χ3v) is 9.15. The molecule has 13 heteroatoms. The summed E-state index contributed by atoms with van der Waals surface area (Å²) >= 11 is 3.44. The molecule has 0 radical (unpaired) electrons. The van der Waals surface area contributed by atoms with Crippen molar-refractivity contribution in [2.45, 2.75) is 26.7 Å². The van der Waals surface area contributed by atoms with E-state index in [1.54, 1.807) is 30.3 Å². The molecule has 2 saturated heterocycles. The van der Waals surface area contributed by atoms with Gasteiger partial charge < -0.3 is 23.8 Å². The fourth-order valence-corrected chi connectivity index (χ4v) is 6.33. The van der Waals surface area contributed by atoms with E-state index in [-0.39, 0.29) is 19.4 Å². The third kappa shape index (κ3) is 11.3. The van der Waals surface area contributed by atoms with Gasteiger partial charge in [0.15, 0.2) is 5.82 Å². The number of hydrogen-bond donors (Lipinski definition) is 0. The van der Waals surface area contributed by atoms with E-state index < -0.39 is 7.15 Å². The van der Waals surface area contributed by atoms with Crippen molar-refractivity contribution in [2.24, 2.45) is 0 Å². The first kappa shape index (κ1) is 41.8. The Kier molecular flexibility index (Phi) is 16.6. The lowest BCUT2D eigenvalue weighted by atomic mass is 10.1. The summed E-state index contributed by atoms with van der Waals surface area (Å²) in [4.78, 5) is 44.4. The number of anilines is 1. The highest BCUT2D eigenvalue weighted by atomic mass is 79.9. The topological polar surface area (TPSA) is 126 Å². The lowest BCUT2D eigenvalue weighted by Gasteiger charge is -2.29. The van der Waals surface area contributed by atoms with Crippen LogP contribution in [0.3, 0.4) is 0 Å². The van der Waals surface area contributed by atoms with Gasteiger partial charge >= 0.3 is 11.9 Å². The quantitative estimate of drug-likeness (QED) is 0.155. The maximum Gasteiger partial charge on any atom is 0.337 e. The summed E-state index contributed by atoms with van der Waals surface area (Å²) in [6.45, 7) is 4.85. The number of alkyl halides is 1. The zero-order valence-electron chi connectivity index (χ0n) is 31.8. The molecular weight excluding hydrogens is 781 g/mol. The summed E-state index contributed by atoms with van der Waals surface area (Å²) in [5, 5.41) is 0. The molecule has 2 aliphatic rings. The zero-order chi connectivity index (χ0) is 39.7. The molecule has 294 valence electrons. The second kappa shape index (κ2) is 22.2. The van der Waals surface area contributed by atoms with E-state index in [0.29, 0.717) is 40.0 Å². The van der Waals surface area contributed by atoms with Gasteiger partial charge in [-0.05, 0) is 71.6 Å². The number of ether oxygens (including phenoxy) is 4. The Morgan fingerprint density at radius 3 is 1.59 bits per heavy atom. The summed E-state index contributed by atoms with van der Waals surface area (Å²) in [6, 6.07) is 30.2. The number of methoxy groups -OCH3 is 2. The van der Waals surface area contributed by atoms with Crippen molar-refractivity contribution in [1.82, 2.24) is 19.9 Å². The molecule has 2 aromatic heterocycles. The summed E-state index contributed by atoms with van der Waals surface area (Å²) in [6.07, 6.45) is 3.93. The molecule has 0 aliphatic carbocycles. The van der Waals surface area contributed by atoms with Crippen molar-refractivity contribution < 1.29 is 34.3 Å². The largest absolute Gasteiger partial charge is 0.465 e. The van der Waals surface area contributed by atoms with E-state index >= 15 is 0 Å². The van der Waals surface area contributed by atoms with Gasteiger partial charge in [-0.1, -0.05) is 68.1 Å². The summed E-state index contributed by atoms with van der Waals surface area (Å²) in [5.74, 6) is 0.0460. The van der Waals surface area contributed by atoms with Gasteiger partial charge in [0, 0.05) is 37.4 Å². The second-order valence-electron chi connectivity index (χ2n) is 12.2. The van der Waals surface area contributed by atoms with Gasteiger partial charge in [-0.15, -0.1) is 0 Å². The average Bonchev–Trinajstić information content (AvgIpc) is 3.27. The van der Waals surface area contributed by atoms with Gasteiger partial charge in [0.25, 0.3) is 0 Å². The van der Waals surface area contributed by atoms with E-state index in [9.17, 15) is 14.0 Å². The maximum absolute atomic E-state index is 11.8. The molecular formula is C43H47BrFN5O6. The minimum Gasteiger partial charge on any atom is -0.465 e. The Balaban J connectivity index is 0.000000207. The van der Waals surface area contributed by atoms with E-state index in [1.165, 1.54) is 33.5 Å². The molecule has 8 rings (SSSR count). The van der Waals surface area contributed by atoms with E-state index in [2.05, 4.69) is 30.8 Å². The van der Waals surface area contributed by atoms with Gasteiger partial charge in [0.2, 0.25) is 0 Å². The van der Waals surface area contributed by atoms with Crippen LogP contribution < -0.4 is 4.90 Å². The van der Waals surface area contributed by atoms with Crippen LogP contribution >= 0.6 is 15.9 Å². The smallest absolute Gasteiger partial charge is 0.337 e. The fourth-order valence-electron chi connectivity index (χ4n) is 5.82. The minimum absolute atomic E-state index is 0. The van der Waals surface area contributed by atoms with Crippen molar-refractivity contribution >= 4 is 55.8 Å². The Morgan fingerprint density at radius 2 is 1.12 bits per heavy atom. The number of morpholine rings is 1. The standard InChI is InChI=1S/C20H19N3O3.C16H11BrN2O2.C5H10O.CH3F.CH4/c1-25-20(24)15-7-8-16-17(13-15)22-19(23-9-11-26-12-10-23)18(21-16)14-5-3-2-4-6-14;1-21-16(20)11-7-8-12-13(9-11)19-15(17)14(18-12)10-5-3-2-4-6-10;1-2-4-6-5-3-1;1-2;/h2-8,13H,9-12H2,1H3;2-9H,1H3;1-5H2;1H3;1H4/i;;;1D;. The fraction of sp³-hybridized carbons (Fsp3) is 0.302. The highest BCUT2D eigenvalue weighted by Crippen LogP contribution is 2.31. The van der Waals surface area contributed by atoms with Crippen molar-refractivity contribution in [1.29, 1.82) is 0 Å². The van der Waals surface area contributed by atoms with Crippen molar-refractivity contribution in [3.8, 4) is 22.5 Å². The zero-order valence-corrected chi connectivity index (χ0v) is 32.3. The van der Waals surface area contributed by atoms with Crippen LogP contribution in [0.5, 0.6) is 0 Å². The number of aromatic nitrogens is 4. The second-order valence-corrected chi connectivity index (χ2v) is 12.9. The highest BCUT2D eigenvalue weighted by Gasteiger charge is 2.20. The van der Waals surface area contributed by atoms with Gasteiger partial charge in [-0.3, -0.25) is 4.39 Å².